The van der Waals surface area contributed by atoms with Crippen LogP contribution < -0.4 is 4.74 Å². The molecule has 0 unspecified atom stereocenters. The van der Waals surface area contributed by atoms with E-state index in [-0.39, 0.29) is 5.60 Å². The Labute approximate surface area is 101 Å². The van der Waals surface area contributed by atoms with Crippen molar-refractivity contribution in [3.05, 3.63) is 28.8 Å². The van der Waals surface area contributed by atoms with Gasteiger partial charge in [-0.3, -0.25) is 0 Å². The van der Waals surface area contributed by atoms with Crippen LogP contribution in [0.3, 0.4) is 0 Å². The molecule has 1 N–H and O–H groups in total. The van der Waals surface area contributed by atoms with E-state index in [1.54, 1.807) is 12.1 Å². The van der Waals surface area contributed by atoms with Gasteiger partial charge in [-0.05, 0) is 31.0 Å². The number of aliphatic hydroxyl groups excluding tert-OH is 1. The van der Waals surface area contributed by atoms with Gasteiger partial charge in [0.15, 0.2) is 0 Å². The number of aliphatic hydroxyl groups is 1. The van der Waals surface area contributed by atoms with Crippen molar-refractivity contribution in [2.75, 3.05) is 0 Å². The van der Waals surface area contributed by atoms with Gasteiger partial charge in [-0.15, -0.1) is 0 Å². The molecule has 1 aromatic carbocycles. The topological polar surface area (TPSA) is 29.5 Å². The van der Waals surface area contributed by atoms with E-state index >= 15 is 0 Å². The van der Waals surface area contributed by atoms with Crippen molar-refractivity contribution < 1.29 is 9.84 Å². The van der Waals surface area contributed by atoms with Crippen molar-refractivity contribution in [2.45, 2.75) is 44.8 Å². The lowest BCUT2D eigenvalue weighted by atomic mass is 9.85. The maximum atomic E-state index is 10.1. The van der Waals surface area contributed by atoms with E-state index in [1.165, 1.54) is 0 Å². The van der Waals surface area contributed by atoms with Crippen molar-refractivity contribution in [1.82, 2.24) is 0 Å². The molecule has 0 fully saturated rings. The third kappa shape index (κ3) is 1.92. The summed E-state index contributed by atoms with van der Waals surface area (Å²) in [5, 5.41) is 10.8. The molecule has 0 saturated carbocycles. The van der Waals surface area contributed by atoms with Gasteiger partial charge in [0.25, 0.3) is 0 Å². The maximum Gasteiger partial charge on any atom is 0.126 e. The average molecular weight is 241 g/mol. The van der Waals surface area contributed by atoms with Gasteiger partial charge in [0.05, 0.1) is 6.10 Å². The van der Waals surface area contributed by atoms with Crippen LogP contribution in [0.25, 0.3) is 0 Å². The molecule has 2 nitrogen and oxygen atoms in total. The SMILES string of the molecule is CCC1(CC)C[C@H](O)c2cc(Cl)ccc2O1. The first-order valence-corrected chi connectivity index (χ1v) is 6.14. The summed E-state index contributed by atoms with van der Waals surface area (Å²) in [4.78, 5) is 0. The number of hydrogen-bond acceptors (Lipinski definition) is 2. The van der Waals surface area contributed by atoms with E-state index < -0.39 is 6.10 Å². The van der Waals surface area contributed by atoms with Gasteiger partial charge in [-0.2, -0.15) is 0 Å². The summed E-state index contributed by atoms with van der Waals surface area (Å²) in [5.41, 5.74) is 0.588. The normalized spacial score (nSPS) is 22.4. The smallest absolute Gasteiger partial charge is 0.126 e. The summed E-state index contributed by atoms with van der Waals surface area (Å²) in [6.07, 6.45) is 1.99. The molecule has 0 bridgehead atoms. The molecule has 2 rings (SSSR count). The van der Waals surface area contributed by atoms with Crippen LogP contribution in [0, 0.1) is 0 Å². The summed E-state index contributed by atoms with van der Waals surface area (Å²) in [6.45, 7) is 4.19. The number of halogens is 1. The highest BCUT2D eigenvalue weighted by Crippen LogP contribution is 2.43. The average Bonchev–Trinajstić information content (AvgIpc) is 2.30. The third-order valence-corrected chi connectivity index (χ3v) is 3.75. The molecule has 1 aromatic rings. The quantitative estimate of drug-likeness (QED) is 0.854. The van der Waals surface area contributed by atoms with Gasteiger partial charge in [0.2, 0.25) is 0 Å². The second-order valence-corrected chi connectivity index (χ2v) is 4.83. The molecular formula is C13H17ClO2. The molecule has 0 amide bonds. The zero-order valence-electron chi connectivity index (χ0n) is 9.66. The standard InChI is InChI=1S/C13H17ClO2/c1-3-13(4-2)8-11(15)10-7-9(14)5-6-12(10)16-13/h5-7,11,15H,3-4,8H2,1-2H3/t11-/m0/s1. The van der Waals surface area contributed by atoms with Crippen LogP contribution in [-0.4, -0.2) is 10.7 Å². The summed E-state index contributed by atoms with van der Waals surface area (Å²) in [6, 6.07) is 5.44. The van der Waals surface area contributed by atoms with Gasteiger partial charge in [0.1, 0.15) is 11.4 Å². The van der Waals surface area contributed by atoms with Gasteiger partial charge in [0, 0.05) is 17.0 Å². The van der Waals surface area contributed by atoms with Crippen LogP contribution in [0.15, 0.2) is 18.2 Å². The van der Waals surface area contributed by atoms with Gasteiger partial charge < -0.3 is 9.84 Å². The van der Waals surface area contributed by atoms with E-state index in [9.17, 15) is 5.11 Å². The fraction of sp³-hybridized carbons (Fsp3) is 0.538. The zero-order chi connectivity index (χ0) is 11.8. The van der Waals surface area contributed by atoms with E-state index in [2.05, 4.69) is 13.8 Å². The van der Waals surface area contributed by atoms with Crippen molar-refractivity contribution in [3.63, 3.8) is 0 Å². The predicted octanol–water partition coefficient (Wildman–Crippen LogP) is 3.71. The number of fused-ring (bicyclic) bond motifs is 1. The minimum absolute atomic E-state index is 0.222. The Hall–Kier alpha value is -0.730. The molecular weight excluding hydrogens is 224 g/mol. The molecule has 1 aliphatic rings. The van der Waals surface area contributed by atoms with Gasteiger partial charge in [-0.25, -0.2) is 0 Å². The molecule has 0 radical (unpaired) electrons. The van der Waals surface area contributed by atoms with Crippen LogP contribution in [0.4, 0.5) is 0 Å². The molecule has 1 heterocycles. The Morgan fingerprint density at radius 1 is 1.44 bits per heavy atom. The second-order valence-electron chi connectivity index (χ2n) is 4.39. The second kappa shape index (κ2) is 4.27. The molecule has 1 atom stereocenters. The summed E-state index contributed by atoms with van der Waals surface area (Å²) >= 11 is 5.91. The van der Waals surface area contributed by atoms with Crippen molar-refractivity contribution in [3.8, 4) is 5.75 Å². The highest BCUT2D eigenvalue weighted by Gasteiger charge is 2.37. The number of hydrogen-bond donors (Lipinski definition) is 1. The Morgan fingerprint density at radius 2 is 2.12 bits per heavy atom. The number of benzene rings is 1. The number of ether oxygens (including phenoxy) is 1. The minimum Gasteiger partial charge on any atom is -0.487 e. The highest BCUT2D eigenvalue weighted by atomic mass is 35.5. The maximum absolute atomic E-state index is 10.1. The molecule has 0 aliphatic carbocycles. The van der Waals surface area contributed by atoms with Crippen molar-refractivity contribution in [2.24, 2.45) is 0 Å². The Kier molecular flexibility index (Phi) is 3.13. The molecule has 16 heavy (non-hydrogen) atoms. The van der Waals surface area contributed by atoms with Crippen LogP contribution in [0.1, 0.15) is 44.8 Å². The fourth-order valence-corrected chi connectivity index (χ4v) is 2.47. The lowest BCUT2D eigenvalue weighted by molar-refractivity contribution is -0.0195. The minimum atomic E-state index is -0.470. The lowest BCUT2D eigenvalue weighted by Gasteiger charge is -2.39. The molecule has 88 valence electrons. The summed E-state index contributed by atoms with van der Waals surface area (Å²) in [5.74, 6) is 0.770. The van der Waals surface area contributed by atoms with Crippen molar-refractivity contribution in [1.29, 1.82) is 0 Å². The lowest BCUT2D eigenvalue weighted by Crippen LogP contribution is -2.39. The highest BCUT2D eigenvalue weighted by molar-refractivity contribution is 6.30. The first kappa shape index (κ1) is 11.7. The van der Waals surface area contributed by atoms with Crippen LogP contribution >= 0.6 is 11.6 Å². The first-order valence-electron chi connectivity index (χ1n) is 5.77. The zero-order valence-corrected chi connectivity index (χ0v) is 10.4. The third-order valence-electron chi connectivity index (χ3n) is 3.51. The molecule has 1 aliphatic heterocycles. The molecule has 0 saturated heterocycles. The van der Waals surface area contributed by atoms with Crippen LogP contribution in [0.2, 0.25) is 5.02 Å². The Balaban J connectivity index is 2.40. The number of rotatable bonds is 2. The van der Waals surface area contributed by atoms with Gasteiger partial charge in [-0.1, -0.05) is 25.4 Å². The predicted molar refractivity (Wildman–Crippen MR) is 65.0 cm³/mol. The van der Waals surface area contributed by atoms with E-state index in [0.29, 0.717) is 11.4 Å². The van der Waals surface area contributed by atoms with E-state index in [0.717, 1.165) is 24.2 Å². The first-order chi connectivity index (χ1) is 7.60. The van der Waals surface area contributed by atoms with Crippen LogP contribution in [-0.2, 0) is 0 Å². The van der Waals surface area contributed by atoms with E-state index in [1.807, 2.05) is 6.07 Å². The summed E-state index contributed by atoms with van der Waals surface area (Å²) in [7, 11) is 0. The molecule has 3 heteroatoms. The Bertz CT molecular complexity index is 386. The van der Waals surface area contributed by atoms with Crippen molar-refractivity contribution >= 4 is 11.6 Å². The van der Waals surface area contributed by atoms with Crippen LogP contribution in [0.5, 0.6) is 5.75 Å². The molecule has 0 aromatic heterocycles. The fourth-order valence-electron chi connectivity index (χ4n) is 2.29. The largest absolute Gasteiger partial charge is 0.487 e. The summed E-state index contributed by atoms with van der Waals surface area (Å²) < 4.78 is 6.02. The monoisotopic (exact) mass is 240 g/mol. The van der Waals surface area contributed by atoms with E-state index in [4.69, 9.17) is 16.3 Å². The Morgan fingerprint density at radius 3 is 2.75 bits per heavy atom. The van der Waals surface area contributed by atoms with Gasteiger partial charge >= 0.3 is 0 Å². The molecule has 0 spiro atoms.